The first-order chi connectivity index (χ1) is 9.42. The van der Waals surface area contributed by atoms with Crippen LogP contribution in [0.4, 0.5) is 11.5 Å². The lowest BCUT2D eigenvalue weighted by Gasteiger charge is -2.24. The van der Waals surface area contributed by atoms with Crippen molar-refractivity contribution >= 4 is 23.4 Å². The zero-order chi connectivity index (χ0) is 15.0. The largest absolute Gasteiger partial charge is 0.478 e. The molecule has 108 valence electrons. The molecule has 0 bridgehead atoms. The van der Waals surface area contributed by atoms with Gasteiger partial charge in [-0.25, -0.2) is 14.6 Å². The molecule has 0 amide bonds. The molecular formula is C12H16N4O4. The molecule has 0 saturated carbocycles. The average Bonchev–Trinajstić information content (AvgIpc) is 2.72. The first-order valence-corrected chi connectivity index (χ1v) is 6.23. The Morgan fingerprint density at radius 1 is 1.25 bits per heavy atom. The van der Waals surface area contributed by atoms with Gasteiger partial charge in [-0.2, -0.15) is 0 Å². The standard InChI is InChI=1S/C12H16N4O4/c1-4-6-7(11(17)18)8(12(19)20)13-10-9(6)15(3)16(5-2)14-10/h4-5H2,1-3H3,(H,13,14)(H,17,18)(H,19,20). The number of pyridine rings is 1. The van der Waals surface area contributed by atoms with Gasteiger partial charge in [0, 0.05) is 13.6 Å². The van der Waals surface area contributed by atoms with Crippen LogP contribution in [0.1, 0.15) is 40.3 Å². The van der Waals surface area contributed by atoms with Gasteiger partial charge in [-0.05, 0) is 18.9 Å². The van der Waals surface area contributed by atoms with E-state index in [1.165, 1.54) is 0 Å². The van der Waals surface area contributed by atoms with Gasteiger partial charge in [0.05, 0.1) is 5.56 Å². The third kappa shape index (κ3) is 1.94. The topological polar surface area (TPSA) is 106 Å². The number of fused-ring (bicyclic) bond motifs is 1. The Balaban J connectivity index is 2.75. The Kier molecular flexibility index (Phi) is 3.49. The number of carboxylic acid groups (broad SMARTS) is 2. The number of carbonyl (C=O) groups is 2. The van der Waals surface area contributed by atoms with Gasteiger partial charge in [0.2, 0.25) is 0 Å². The van der Waals surface area contributed by atoms with Gasteiger partial charge in [-0.1, -0.05) is 6.92 Å². The predicted molar refractivity (Wildman–Crippen MR) is 71.9 cm³/mol. The van der Waals surface area contributed by atoms with Crippen molar-refractivity contribution in [1.82, 2.24) is 10.1 Å². The number of nitrogens with one attached hydrogen (secondary N) is 1. The van der Waals surface area contributed by atoms with E-state index in [4.69, 9.17) is 0 Å². The lowest BCUT2D eigenvalue weighted by atomic mass is 10.0. The number of aromatic carboxylic acids is 2. The molecule has 0 aromatic carbocycles. The third-order valence-corrected chi connectivity index (χ3v) is 3.26. The van der Waals surface area contributed by atoms with Crippen LogP contribution in [0.25, 0.3) is 0 Å². The van der Waals surface area contributed by atoms with Crippen LogP contribution in [-0.4, -0.2) is 45.8 Å². The maximum absolute atomic E-state index is 11.4. The Hall–Kier alpha value is -2.35. The van der Waals surface area contributed by atoms with Gasteiger partial charge in [-0.3, -0.25) is 10.4 Å². The zero-order valence-corrected chi connectivity index (χ0v) is 11.5. The highest BCUT2D eigenvalue weighted by molar-refractivity contribution is 6.04. The number of hydrogen-bond donors (Lipinski definition) is 3. The van der Waals surface area contributed by atoms with Crippen LogP contribution in [-0.2, 0) is 6.42 Å². The quantitative estimate of drug-likeness (QED) is 0.751. The molecule has 0 saturated heterocycles. The average molecular weight is 280 g/mol. The zero-order valence-electron chi connectivity index (χ0n) is 11.5. The smallest absolute Gasteiger partial charge is 0.355 e. The van der Waals surface area contributed by atoms with Crippen LogP contribution in [0.15, 0.2) is 0 Å². The maximum atomic E-state index is 11.4. The summed E-state index contributed by atoms with van der Waals surface area (Å²) in [7, 11) is 1.77. The van der Waals surface area contributed by atoms with Crippen molar-refractivity contribution in [1.29, 1.82) is 0 Å². The number of hydrazine groups is 2. The molecule has 1 aromatic rings. The number of hydrogen-bond acceptors (Lipinski definition) is 6. The molecule has 0 unspecified atom stereocenters. The molecule has 0 fully saturated rings. The normalized spacial score (nSPS) is 14.1. The summed E-state index contributed by atoms with van der Waals surface area (Å²) >= 11 is 0. The van der Waals surface area contributed by atoms with Crippen molar-refractivity contribution in [3.63, 3.8) is 0 Å². The summed E-state index contributed by atoms with van der Waals surface area (Å²) in [5, 5.41) is 22.0. The summed E-state index contributed by atoms with van der Waals surface area (Å²) in [6.45, 7) is 4.33. The SMILES string of the molecule is CCc1c(C(=O)O)c(C(=O)O)nc2c1N(C)N(CC)N2. The van der Waals surface area contributed by atoms with Crippen LogP contribution in [0.5, 0.6) is 0 Å². The molecule has 0 aliphatic carbocycles. The first kappa shape index (κ1) is 14.1. The van der Waals surface area contributed by atoms with Crippen LogP contribution in [0.3, 0.4) is 0 Å². The maximum Gasteiger partial charge on any atom is 0.355 e. The lowest BCUT2D eigenvalue weighted by molar-refractivity contribution is 0.0645. The Bertz CT molecular complexity index is 587. The van der Waals surface area contributed by atoms with Crippen molar-refractivity contribution in [2.24, 2.45) is 0 Å². The molecule has 1 aliphatic rings. The molecule has 2 rings (SSSR count). The van der Waals surface area contributed by atoms with E-state index in [1.54, 1.807) is 24.1 Å². The van der Waals surface area contributed by atoms with Crippen LogP contribution < -0.4 is 10.4 Å². The Labute approximate surface area is 115 Å². The van der Waals surface area contributed by atoms with E-state index in [9.17, 15) is 19.8 Å². The van der Waals surface area contributed by atoms with Gasteiger partial charge in [0.15, 0.2) is 11.5 Å². The first-order valence-electron chi connectivity index (χ1n) is 6.23. The second-order valence-corrected chi connectivity index (χ2v) is 4.33. The van der Waals surface area contributed by atoms with Crippen molar-refractivity contribution in [2.75, 3.05) is 24.0 Å². The number of aromatic nitrogens is 1. The predicted octanol–water partition coefficient (Wildman–Crippen LogP) is 1.05. The van der Waals surface area contributed by atoms with Crippen LogP contribution in [0, 0.1) is 0 Å². The minimum Gasteiger partial charge on any atom is -0.478 e. The third-order valence-electron chi connectivity index (χ3n) is 3.26. The van der Waals surface area contributed by atoms with E-state index in [2.05, 4.69) is 10.4 Å². The molecule has 8 nitrogen and oxygen atoms in total. The molecule has 0 atom stereocenters. The Morgan fingerprint density at radius 3 is 2.35 bits per heavy atom. The number of rotatable bonds is 4. The van der Waals surface area contributed by atoms with Crippen molar-refractivity contribution in [3.05, 3.63) is 16.8 Å². The van der Waals surface area contributed by atoms with Crippen molar-refractivity contribution in [2.45, 2.75) is 20.3 Å². The van der Waals surface area contributed by atoms with Gasteiger partial charge >= 0.3 is 11.9 Å². The molecular weight excluding hydrogens is 264 g/mol. The monoisotopic (exact) mass is 280 g/mol. The summed E-state index contributed by atoms with van der Waals surface area (Å²) < 4.78 is 0. The highest BCUT2D eigenvalue weighted by Gasteiger charge is 2.33. The fourth-order valence-corrected chi connectivity index (χ4v) is 2.39. The minimum atomic E-state index is -1.35. The fourth-order valence-electron chi connectivity index (χ4n) is 2.39. The van der Waals surface area contributed by atoms with E-state index < -0.39 is 17.6 Å². The molecule has 1 aliphatic heterocycles. The van der Waals surface area contributed by atoms with Gasteiger partial charge in [0.25, 0.3) is 0 Å². The highest BCUT2D eigenvalue weighted by Crippen LogP contribution is 2.37. The van der Waals surface area contributed by atoms with Gasteiger partial charge in [-0.15, -0.1) is 5.12 Å². The van der Waals surface area contributed by atoms with Crippen LogP contribution >= 0.6 is 0 Å². The van der Waals surface area contributed by atoms with Gasteiger partial charge in [0.1, 0.15) is 5.69 Å². The number of carboxylic acids is 2. The van der Waals surface area contributed by atoms with Crippen molar-refractivity contribution < 1.29 is 19.8 Å². The summed E-state index contributed by atoms with van der Waals surface area (Å²) in [5.41, 5.74) is 3.35. The molecule has 3 N–H and O–H groups in total. The van der Waals surface area contributed by atoms with E-state index in [-0.39, 0.29) is 5.56 Å². The molecule has 0 radical (unpaired) electrons. The van der Waals surface area contributed by atoms with E-state index in [0.29, 0.717) is 30.0 Å². The molecule has 20 heavy (non-hydrogen) atoms. The van der Waals surface area contributed by atoms with E-state index in [0.717, 1.165) is 0 Å². The summed E-state index contributed by atoms with van der Waals surface area (Å²) in [5.74, 6) is -2.26. The van der Waals surface area contributed by atoms with E-state index in [1.807, 2.05) is 6.92 Å². The van der Waals surface area contributed by atoms with Crippen LogP contribution in [0.2, 0.25) is 0 Å². The highest BCUT2D eigenvalue weighted by atomic mass is 16.4. The van der Waals surface area contributed by atoms with Gasteiger partial charge < -0.3 is 10.2 Å². The van der Waals surface area contributed by atoms with Crippen molar-refractivity contribution in [3.8, 4) is 0 Å². The summed E-state index contributed by atoms with van der Waals surface area (Å²) in [6.07, 6.45) is 0.399. The minimum absolute atomic E-state index is 0.245. The lowest BCUT2D eigenvalue weighted by Crippen LogP contribution is -2.38. The molecule has 1 aromatic heterocycles. The number of nitrogens with zero attached hydrogens (tertiary/aromatic N) is 3. The summed E-state index contributed by atoms with van der Waals surface area (Å²) in [4.78, 5) is 26.6. The second kappa shape index (κ2) is 4.97. The second-order valence-electron chi connectivity index (χ2n) is 4.33. The summed E-state index contributed by atoms with van der Waals surface area (Å²) in [6, 6.07) is 0. The van der Waals surface area contributed by atoms with E-state index >= 15 is 0 Å². The molecule has 0 spiro atoms. The Morgan fingerprint density at radius 2 is 1.90 bits per heavy atom. The fraction of sp³-hybridized carbons (Fsp3) is 0.417. The molecule has 2 heterocycles. The molecule has 8 heteroatoms. The number of anilines is 2.